The van der Waals surface area contributed by atoms with Gasteiger partial charge in [-0.2, -0.15) is 0 Å². The Morgan fingerprint density at radius 1 is 1.60 bits per heavy atom. The molecular formula is C6H10O4. The lowest BCUT2D eigenvalue weighted by atomic mass is 9.97. The molecule has 0 aromatic heterocycles. The van der Waals surface area contributed by atoms with E-state index in [0.29, 0.717) is 6.61 Å². The SMILES string of the molecule is O=C(O)[C@H]1COC[C@H]1CO. The molecular weight excluding hydrogens is 136 g/mol. The van der Waals surface area contributed by atoms with Gasteiger partial charge in [0.05, 0.1) is 19.1 Å². The van der Waals surface area contributed by atoms with Crippen LogP contribution in [-0.4, -0.2) is 36.0 Å². The van der Waals surface area contributed by atoms with Gasteiger partial charge in [-0.1, -0.05) is 0 Å². The number of carboxylic acids is 1. The van der Waals surface area contributed by atoms with Crippen LogP contribution in [0.2, 0.25) is 0 Å². The minimum atomic E-state index is -0.878. The molecule has 58 valence electrons. The number of hydrogen-bond donors (Lipinski definition) is 2. The zero-order valence-corrected chi connectivity index (χ0v) is 5.49. The van der Waals surface area contributed by atoms with Crippen molar-refractivity contribution in [1.29, 1.82) is 0 Å². The molecule has 2 N–H and O–H groups in total. The average molecular weight is 146 g/mol. The van der Waals surface area contributed by atoms with Crippen LogP contribution in [-0.2, 0) is 9.53 Å². The fourth-order valence-electron chi connectivity index (χ4n) is 1.05. The highest BCUT2D eigenvalue weighted by atomic mass is 16.5. The van der Waals surface area contributed by atoms with Gasteiger partial charge in [0.2, 0.25) is 0 Å². The summed E-state index contributed by atoms with van der Waals surface area (Å²) >= 11 is 0. The van der Waals surface area contributed by atoms with Crippen LogP contribution < -0.4 is 0 Å². The van der Waals surface area contributed by atoms with Crippen LogP contribution in [0.15, 0.2) is 0 Å². The highest BCUT2D eigenvalue weighted by molar-refractivity contribution is 5.70. The highest BCUT2D eigenvalue weighted by Gasteiger charge is 2.33. The van der Waals surface area contributed by atoms with E-state index >= 15 is 0 Å². The Kier molecular flexibility index (Phi) is 2.24. The van der Waals surface area contributed by atoms with Crippen molar-refractivity contribution in [2.24, 2.45) is 11.8 Å². The van der Waals surface area contributed by atoms with E-state index in [0.717, 1.165) is 0 Å². The summed E-state index contributed by atoms with van der Waals surface area (Å²) < 4.78 is 4.88. The van der Waals surface area contributed by atoms with Gasteiger partial charge in [-0.05, 0) is 0 Å². The summed E-state index contributed by atoms with van der Waals surface area (Å²) in [5.74, 6) is -1.60. The molecule has 1 fully saturated rings. The number of carboxylic acid groups (broad SMARTS) is 1. The Labute approximate surface area is 58.4 Å². The van der Waals surface area contributed by atoms with E-state index in [9.17, 15) is 4.79 Å². The normalized spacial score (nSPS) is 32.5. The van der Waals surface area contributed by atoms with Gasteiger partial charge in [0.25, 0.3) is 0 Å². The van der Waals surface area contributed by atoms with E-state index in [4.69, 9.17) is 14.9 Å². The predicted molar refractivity (Wildman–Crippen MR) is 32.5 cm³/mol. The molecule has 2 atom stereocenters. The minimum absolute atomic E-state index is 0.100. The minimum Gasteiger partial charge on any atom is -0.481 e. The van der Waals surface area contributed by atoms with Gasteiger partial charge < -0.3 is 14.9 Å². The zero-order chi connectivity index (χ0) is 7.56. The van der Waals surface area contributed by atoms with Crippen molar-refractivity contribution in [3.05, 3.63) is 0 Å². The number of aliphatic carboxylic acids is 1. The molecule has 0 radical (unpaired) electrons. The van der Waals surface area contributed by atoms with Crippen molar-refractivity contribution in [2.45, 2.75) is 0 Å². The Bertz CT molecular complexity index is 134. The van der Waals surface area contributed by atoms with Crippen LogP contribution in [0.25, 0.3) is 0 Å². The Morgan fingerprint density at radius 3 is 2.70 bits per heavy atom. The van der Waals surface area contributed by atoms with E-state index in [2.05, 4.69) is 0 Å². The lowest BCUT2D eigenvalue weighted by Gasteiger charge is -2.08. The molecule has 0 saturated carbocycles. The first-order valence-corrected chi connectivity index (χ1v) is 3.17. The zero-order valence-electron chi connectivity index (χ0n) is 5.49. The smallest absolute Gasteiger partial charge is 0.309 e. The van der Waals surface area contributed by atoms with Gasteiger partial charge >= 0.3 is 5.97 Å². The molecule has 0 unspecified atom stereocenters. The van der Waals surface area contributed by atoms with E-state index in [1.807, 2.05) is 0 Å². The predicted octanol–water partition coefficient (Wildman–Crippen LogP) is -0.674. The maximum absolute atomic E-state index is 10.4. The van der Waals surface area contributed by atoms with Crippen LogP contribution in [0.3, 0.4) is 0 Å². The van der Waals surface area contributed by atoms with Gasteiger partial charge in [0.1, 0.15) is 0 Å². The standard InChI is InChI=1S/C6H10O4/c7-1-4-2-10-3-5(4)6(8)9/h4-5,7H,1-3H2,(H,8,9)/t4-,5+/m1/s1. The number of carbonyl (C=O) groups is 1. The molecule has 1 aliphatic rings. The summed E-state index contributed by atoms with van der Waals surface area (Å²) in [5.41, 5.74) is 0. The Balaban J connectivity index is 2.50. The molecule has 0 bridgehead atoms. The van der Waals surface area contributed by atoms with Gasteiger partial charge in [-0.3, -0.25) is 4.79 Å². The van der Waals surface area contributed by atoms with Crippen LogP contribution in [0.5, 0.6) is 0 Å². The van der Waals surface area contributed by atoms with Crippen LogP contribution in [0.1, 0.15) is 0 Å². The molecule has 0 aromatic rings. The molecule has 1 heterocycles. The van der Waals surface area contributed by atoms with Crippen molar-refractivity contribution < 1.29 is 19.7 Å². The fourth-order valence-corrected chi connectivity index (χ4v) is 1.05. The number of hydrogen-bond acceptors (Lipinski definition) is 3. The van der Waals surface area contributed by atoms with E-state index in [1.165, 1.54) is 0 Å². The maximum Gasteiger partial charge on any atom is 0.309 e. The molecule has 4 nitrogen and oxygen atoms in total. The summed E-state index contributed by atoms with van der Waals surface area (Å²) in [5, 5.41) is 17.2. The van der Waals surface area contributed by atoms with E-state index in [1.54, 1.807) is 0 Å². The molecule has 0 aromatic carbocycles. The maximum atomic E-state index is 10.4. The summed E-state index contributed by atoms with van der Waals surface area (Å²) in [7, 11) is 0. The van der Waals surface area contributed by atoms with E-state index in [-0.39, 0.29) is 19.1 Å². The molecule has 1 saturated heterocycles. The largest absolute Gasteiger partial charge is 0.481 e. The van der Waals surface area contributed by atoms with Gasteiger partial charge in [-0.25, -0.2) is 0 Å². The number of aliphatic hydroxyl groups excluding tert-OH is 1. The van der Waals surface area contributed by atoms with Gasteiger partial charge in [0, 0.05) is 12.5 Å². The molecule has 0 amide bonds. The first-order chi connectivity index (χ1) is 4.75. The summed E-state index contributed by atoms with van der Waals surface area (Å²) in [6.07, 6.45) is 0. The van der Waals surface area contributed by atoms with Crippen molar-refractivity contribution >= 4 is 5.97 Å². The van der Waals surface area contributed by atoms with Crippen molar-refractivity contribution in [2.75, 3.05) is 19.8 Å². The van der Waals surface area contributed by atoms with Crippen LogP contribution in [0, 0.1) is 11.8 Å². The molecule has 10 heavy (non-hydrogen) atoms. The lowest BCUT2D eigenvalue weighted by molar-refractivity contribution is -0.143. The third-order valence-electron chi connectivity index (χ3n) is 1.75. The second kappa shape index (κ2) is 2.98. The highest BCUT2D eigenvalue weighted by Crippen LogP contribution is 2.19. The quantitative estimate of drug-likeness (QED) is 0.542. The second-order valence-corrected chi connectivity index (χ2v) is 2.42. The fraction of sp³-hybridized carbons (Fsp3) is 0.833. The van der Waals surface area contributed by atoms with Crippen LogP contribution >= 0.6 is 0 Å². The Hall–Kier alpha value is -0.610. The monoisotopic (exact) mass is 146 g/mol. The summed E-state index contributed by atoms with van der Waals surface area (Å²) in [6.45, 7) is 0.505. The first kappa shape index (κ1) is 7.50. The molecule has 0 aliphatic carbocycles. The molecule has 1 aliphatic heterocycles. The van der Waals surface area contributed by atoms with Gasteiger partial charge in [0.15, 0.2) is 0 Å². The first-order valence-electron chi connectivity index (χ1n) is 3.17. The summed E-state index contributed by atoms with van der Waals surface area (Å²) in [6, 6.07) is 0. The summed E-state index contributed by atoms with van der Waals surface area (Å²) in [4.78, 5) is 10.4. The third kappa shape index (κ3) is 1.27. The van der Waals surface area contributed by atoms with Crippen molar-refractivity contribution in [3.8, 4) is 0 Å². The lowest BCUT2D eigenvalue weighted by Crippen LogP contribution is -2.24. The van der Waals surface area contributed by atoms with Crippen LogP contribution in [0.4, 0.5) is 0 Å². The Morgan fingerprint density at radius 2 is 2.30 bits per heavy atom. The molecule has 1 rings (SSSR count). The average Bonchev–Trinajstić information content (AvgIpc) is 2.33. The van der Waals surface area contributed by atoms with E-state index < -0.39 is 11.9 Å². The second-order valence-electron chi connectivity index (χ2n) is 2.42. The number of rotatable bonds is 2. The molecule has 4 heteroatoms. The third-order valence-corrected chi connectivity index (χ3v) is 1.75. The molecule has 0 spiro atoms. The number of aliphatic hydroxyl groups is 1. The topological polar surface area (TPSA) is 66.8 Å². The van der Waals surface area contributed by atoms with Crippen molar-refractivity contribution in [3.63, 3.8) is 0 Å². The van der Waals surface area contributed by atoms with Crippen molar-refractivity contribution in [1.82, 2.24) is 0 Å². The van der Waals surface area contributed by atoms with Gasteiger partial charge in [-0.15, -0.1) is 0 Å². The number of ether oxygens (including phenoxy) is 1.